The summed E-state index contributed by atoms with van der Waals surface area (Å²) in [5.74, 6) is -0.0735. The summed E-state index contributed by atoms with van der Waals surface area (Å²) in [4.78, 5) is 15.7. The van der Waals surface area contributed by atoms with Crippen molar-refractivity contribution in [2.75, 3.05) is 11.9 Å². The summed E-state index contributed by atoms with van der Waals surface area (Å²) in [6, 6.07) is 13.3. The number of carbonyl (C=O) groups excluding carboxylic acids is 1. The monoisotopic (exact) mass is 241 g/mol. The minimum absolute atomic E-state index is 0.0735. The molecule has 1 aromatic heterocycles. The molecule has 2 rings (SSSR count). The van der Waals surface area contributed by atoms with Gasteiger partial charge in [0.2, 0.25) is 5.91 Å². The van der Waals surface area contributed by atoms with Crippen molar-refractivity contribution in [3.05, 3.63) is 48.7 Å². The van der Waals surface area contributed by atoms with Gasteiger partial charge in [-0.2, -0.15) is 0 Å². The fraction of sp³-hybridized carbons (Fsp3) is 0.143. The largest absolute Gasteiger partial charge is 0.330 e. The molecule has 18 heavy (non-hydrogen) atoms. The van der Waals surface area contributed by atoms with Gasteiger partial charge in [0.05, 0.1) is 5.69 Å². The van der Waals surface area contributed by atoms with Crippen LogP contribution < -0.4 is 11.1 Å². The van der Waals surface area contributed by atoms with E-state index in [2.05, 4.69) is 10.3 Å². The van der Waals surface area contributed by atoms with Crippen LogP contribution in [0, 0.1) is 0 Å². The lowest BCUT2D eigenvalue weighted by Crippen LogP contribution is -2.16. The quantitative estimate of drug-likeness (QED) is 0.860. The molecular weight excluding hydrogens is 226 g/mol. The van der Waals surface area contributed by atoms with Crippen LogP contribution in [0.15, 0.2) is 48.7 Å². The molecule has 4 nitrogen and oxygen atoms in total. The Morgan fingerprint density at radius 1 is 1.22 bits per heavy atom. The van der Waals surface area contributed by atoms with Crippen LogP contribution in [0.25, 0.3) is 11.3 Å². The van der Waals surface area contributed by atoms with E-state index in [9.17, 15) is 4.79 Å². The molecule has 1 aromatic carbocycles. The van der Waals surface area contributed by atoms with Crippen molar-refractivity contribution in [3.63, 3.8) is 0 Å². The average Bonchev–Trinajstić information content (AvgIpc) is 2.40. The highest BCUT2D eigenvalue weighted by Crippen LogP contribution is 2.20. The molecular formula is C14H15N3O. The number of carbonyl (C=O) groups is 1. The maximum atomic E-state index is 11.5. The van der Waals surface area contributed by atoms with Crippen molar-refractivity contribution in [2.45, 2.75) is 6.42 Å². The zero-order valence-corrected chi connectivity index (χ0v) is 9.97. The second-order valence-electron chi connectivity index (χ2n) is 3.88. The van der Waals surface area contributed by atoms with E-state index >= 15 is 0 Å². The number of benzene rings is 1. The zero-order valence-electron chi connectivity index (χ0n) is 9.97. The molecule has 1 heterocycles. The number of rotatable bonds is 4. The molecule has 0 spiro atoms. The summed E-state index contributed by atoms with van der Waals surface area (Å²) in [6.45, 7) is 0.353. The molecule has 0 radical (unpaired) electrons. The molecule has 0 saturated heterocycles. The van der Waals surface area contributed by atoms with E-state index in [1.165, 1.54) is 0 Å². The standard InChI is InChI=1S/C14H15N3O/c15-8-7-14(18)17-12-5-3-4-11(10-12)13-6-1-2-9-16-13/h1-6,9-10H,7-8,15H2,(H,17,18). The lowest BCUT2D eigenvalue weighted by molar-refractivity contribution is -0.116. The van der Waals surface area contributed by atoms with Gasteiger partial charge in [0.25, 0.3) is 0 Å². The van der Waals surface area contributed by atoms with Gasteiger partial charge >= 0.3 is 0 Å². The first-order chi connectivity index (χ1) is 8.79. The highest BCUT2D eigenvalue weighted by atomic mass is 16.1. The highest BCUT2D eigenvalue weighted by Gasteiger charge is 2.03. The minimum atomic E-state index is -0.0735. The maximum absolute atomic E-state index is 11.5. The summed E-state index contributed by atoms with van der Waals surface area (Å²) >= 11 is 0. The lowest BCUT2D eigenvalue weighted by atomic mass is 10.1. The first kappa shape index (κ1) is 12.3. The molecule has 3 N–H and O–H groups in total. The van der Waals surface area contributed by atoms with Crippen molar-refractivity contribution in [1.82, 2.24) is 4.98 Å². The number of amides is 1. The van der Waals surface area contributed by atoms with Crippen LogP contribution in [0.2, 0.25) is 0 Å². The molecule has 92 valence electrons. The van der Waals surface area contributed by atoms with Gasteiger partial charge in [-0.15, -0.1) is 0 Å². The van der Waals surface area contributed by atoms with Crippen molar-refractivity contribution in [3.8, 4) is 11.3 Å². The Kier molecular flexibility index (Phi) is 4.04. The number of pyridine rings is 1. The normalized spacial score (nSPS) is 10.1. The third-order valence-electron chi connectivity index (χ3n) is 2.48. The van der Waals surface area contributed by atoms with Gasteiger partial charge in [0, 0.05) is 30.4 Å². The number of hydrogen-bond donors (Lipinski definition) is 2. The van der Waals surface area contributed by atoms with Gasteiger partial charge < -0.3 is 11.1 Å². The van der Waals surface area contributed by atoms with E-state index in [-0.39, 0.29) is 5.91 Å². The van der Waals surface area contributed by atoms with E-state index < -0.39 is 0 Å². The number of aromatic nitrogens is 1. The molecule has 0 aliphatic carbocycles. The third kappa shape index (κ3) is 3.15. The number of nitrogens with one attached hydrogen (secondary N) is 1. The Labute approximate surface area is 106 Å². The Bertz CT molecular complexity index is 526. The Morgan fingerprint density at radius 3 is 2.83 bits per heavy atom. The predicted octanol–water partition coefficient (Wildman–Crippen LogP) is 2.04. The maximum Gasteiger partial charge on any atom is 0.225 e. The molecule has 0 atom stereocenters. The molecule has 0 aliphatic rings. The van der Waals surface area contributed by atoms with Crippen LogP contribution in [0.3, 0.4) is 0 Å². The molecule has 1 amide bonds. The predicted molar refractivity (Wildman–Crippen MR) is 72.0 cm³/mol. The number of nitrogens with two attached hydrogens (primary N) is 1. The van der Waals surface area contributed by atoms with E-state index in [4.69, 9.17) is 5.73 Å². The number of hydrogen-bond acceptors (Lipinski definition) is 3. The van der Waals surface area contributed by atoms with Gasteiger partial charge in [0.15, 0.2) is 0 Å². The van der Waals surface area contributed by atoms with Gasteiger partial charge in [-0.3, -0.25) is 9.78 Å². The summed E-state index contributed by atoms with van der Waals surface area (Å²) < 4.78 is 0. The first-order valence-corrected chi connectivity index (χ1v) is 5.81. The molecule has 4 heteroatoms. The number of anilines is 1. The molecule has 0 fully saturated rings. The number of nitrogens with zero attached hydrogens (tertiary/aromatic N) is 1. The van der Waals surface area contributed by atoms with Gasteiger partial charge in [-0.25, -0.2) is 0 Å². The minimum Gasteiger partial charge on any atom is -0.330 e. The van der Waals surface area contributed by atoms with Crippen LogP contribution in [0.4, 0.5) is 5.69 Å². The molecule has 2 aromatic rings. The second-order valence-corrected chi connectivity index (χ2v) is 3.88. The summed E-state index contributed by atoms with van der Waals surface area (Å²) in [5, 5.41) is 2.81. The van der Waals surface area contributed by atoms with Crippen molar-refractivity contribution < 1.29 is 4.79 Å². The van der Waals surface area contributed by atoms with Crippen LogP contribution in [0.1, 0.15) is 6.42 Å². The summed E-state index contributed by atoms with van der Waals surface area (Å²) in [7, 11) is 0. The van der Waals surface area contributed by atoms with E-state index in [0.29, 0.717) is 13.0 Å². The molecule has 0 bridgehead atoms. The molecule has 0 unspecified atom stereocenters. The Morgan fingerprint density at radius 2 is 2.11 bits per heavy atom. The second kappa shape index (κ2) is 5.93. The van der Waals surface area contributed by atoms with Gasteiger partial charge in [-0.1, -0.05) is 18.2 Å². The smallest absolute Gasteiger partial charge is 0.225 e. The van der Waals surface area contributed by atoms with Crippen molar-refractivity contribution in [2.24, 2.45) is 5.73 Å². The van der Waals surface area contributed by atoms with Crippen molar-refractivity contribution in [1.29, 1.82) is 0 Å². The topological polar surface area (TPSA) is 68.0 Å². The Hall–Kier alpha value is -2.20. The lowest BCUT2D eigenvalue weighted by Gasteiger charge is -2.06. The first-order valence-electron chi connectivity index (χ1n) is 5.81. The Balaban J connectivity index is 2.18. The fourth-order valence-electron chi connectivity index (χ4n) is 1.64. The van der Waals surface area contributed by atoms with Crippen LogP contribution in [-0.2, 0) is 4.79 Å². The summed E-state index contributed by atoms with van der Waals surface area (Å²) in [6.07, 6.45) is 2.07. The van der Waals surface area contributed by atoms with Gasteiger partial charge in [0.1, 0.15) is 0 Å². The van der Waals surface area contributed by atoms with E-state index in [1.807, 2.05) is 42.5 Å². The molecule has 0 aliphatic heterocycles. The third-order valence-corrected chi connectivity index (χ3v) is 2.48. The van der Waals surface area contributed by atoms with E-state index in [0.717, 1.165) is 16.9 Å². The van der Waals surface area contributed by atoms with E-state index in [1.54, 1.807) is 6.20 Å². The van der Waals surface area contributed by atoms with Gasteiger partial charge in [-0.05, 0) is 24.3 Å². The van der Waals surface area contributed by atoms with Crippen LogP contribution in [0.5, 0.6) is 0 Å². The van der Waals surface area contributed by atoms with Crippen LogP contribution >= 0.6 is 0 Å². The average molecular weight is 241 g/mol. The molecule has 0 saturated carbocycles. The highest BCUT2D eigenvalue weighted by molar-refractivity contribution is 5.91. The summed E-state index contributed by atoms with van der Waals surface area (Å²) in [5.41, 5.74) is 7.95. The van der Waals surface area contributed by atoms with Crippen LogP contribution in [-0.4, -0.2) is 17.4 Å². The fourth-order valence-corrected chi connectivity index (χ4v) is 1.64. The van der Waals surface area contributed by atoms with Crippen molar-refractivity contribution >= 4 is 11.6 Å². The zero-order chi connectivity index (χ0) is 12.8. The SMILES string of the molecule is NCCC(=O)Nc1cccc(-c2ccccn2)c1.